The molecule has 4 N–H and O–H groups in total. The van der Waals surface area contributed by atoms with Crippen LogP contribution in [-0.4, -0.2) is 63.8 Å². The number of likely N-dealkylation sites (tertiary alicyclic amines) is 1. The lowest BCUT2D eigenvalue weighted by Gasteiger charge is -2.18. The second kappa shape index (κ2) is 11.4. The van der Waals surface area contributed by atoms with Gasteiger partial charge in [-0.15, -0.1) is 0 Å². The van der Waals surface area contributed by atoms with Crippen molar-refractivity contribution in [1.29, 1.82) is 0 Å². The maximum atomic E-state index is 12.9. The number of rotatable bonds is 11. The van der Waals surface area contributed by atoms with Crippen LogP contribution in [0.1, 0.15) is 36.1 Å². The fraction of sp³-hybridized carbons (Fsp3) is 0.462. The van der Waals surface area contributed by atoms with E-state index in [1.54, 1.807) is 12.4 Å². The molecule has 2 aromatic heterocycles. The molecule has 0 radical (unpaired) electrons. The fourth-order valence-corrected chi connectivity index (χ4v) is 4.46. The maximum Gasteiger partial charge on any atom is 0.261 e. The molecule has 0 spiro atoms. The summed E-state index contributed by atoms with van der Waals surface area (Å²) in [5.74, 6) is 1.26. The Balaban J connectivity index is 1.41. The van der Waals surface area contributed by atoms with E-state index in [0.717, 1.165) is 36.4 Å². The SMILES string of the molecule is Cc1ccc(OC[C@H](O)CNc2cc(CCCN3CCCC3)[nH]c(=O)c2-c2ncc[nH]2)c(C)c1. The second-order valence-electron chi connectivity index (χ2n) is 9.12. The number of aliphatic hydroxyl groups excluding tert-OH is 1. The molecule has 0 saturated carbocycles. The molecule has 3 aromatic rings. The smallest absolute Gasteiger partial charge is 0.261 e. The van der Waals surface area contributed by atoms with Gasteiger partial charge in [0.2, 0.25) is 0 Å². The highest BCUT2D eigenvalue weighted by atomic mass is 16.5. The topological polar surface area (TPSA) is 106 Å². The number of hydrogen-bond acceptors (Lipinski definition) is 6. The van der Waals surface area contributed by atoms with E-state index in [9.17, 15) is 9.90 Å². The molecule has 0 amide bonds. The number of pyridine rings is 1. The van der Waals surface area contributed by atoms with Crippen LogP contribution in [-0.2, 0) is 6.42 Å². The molecule has 1 aliphatic heterocycles. The van der Waals surface area contributed by atoms with Crippen molar-refractivity contribution in [2.24, 2.45) is 0 Å². The van der Waals surface area contributed by atoms with Gasteiger partial charge in [0.05, 0.1) is 5.69 Å². The van der Waals surface area contributed by atoms with Crippen LogP contribution in [0.2, 0.25) is 0 Å². The van der Waals surface area contributed by atoms with Crippen molar-refractivity contribution in [2.75, 3.05) is 38.1 Å². The van der Waals surface area contributed by atoms with E-state index in [4.69, 9.17) is 4.74 Å². The normalized spacial score (nSPS) is 14.9. The third-order valence-electron chi connectivity index (χ3n) is 6.23. The highest BCUT2D eigenvalue weighted by Crippen LogP contribution is 2.23. The van der Waals surface area contributed by atoms with Gasteiger partial charge < -0.3 is 30.0 Å². The molecular weight excluding hydrogens is 430 g/mol. The van der Waals surface area contributed by atoms with Crippen LogP contribution in [0.25, 0.3) is 11.4 Å². The molecule has 8 nitrogen and oxygen atoms in total. The van der Waals surface area contributed by atoms with Crippen LogP contribution in [0.5, 0.6) is 5.75 Å². The first kappa shape index (κ1) is 24.0. The summed E-state index contributed by atoms with van der Waals surface area (Å²) in [5.41, 5.74) is 3.98. The Morgan fingerprint density at radius 1 is 1.24 bits per heavy atom. The molecule has 0 aliphatic carbocycles. The van der Waals surface area contributed by atoms with Gasteiger partial charge in [-0.05, 0) is 76.9 Å². The molecule has 4 rings (SSSR count). The quantitative estimate of drug-likeness (QED) is 0.346. The predicted molar refractivity (Wildman–Crippen MR) is 135 cm³/mol. The lowest BCUT2D eigenvalue weighted by Crippen LogP contribution is -2.27. The number of benzene rings is 1. The van der Waals surface area contributed by atoms with E-state index in [1.807, 2.05) is 32.0 Å². The summed E-state index contributed by atoms with van der Waals surface area (Å²) in [6.07, 6.45) is 6.89. The predicted octanol–water partition coefficient (Wildman–Crippen LogP) is 3.26. The minimum absolute atomic E-state index is 0.152. The van der Waals surface area contributed by atoms with Gasteiger partial charge in [-0.1, -0.05) is 17.7 Å². The highest BCUT2D eigenvalue weighted by molar-refractivity contribution is 5.72. The summed E-state index contributed by atoms with van der Waals surface area (Å²) in [5, 5.41) is 13.8. The van der Waals surface area contributed by atoms with Gasteiger partial charge in [-0.2, -0.15) is 0 Å². The number of aromatic nitrogens is 3. The summed E-state index contributed by atoms with van der Waals surface area (Å²) >= 11 is 0. The third-order valence-corrected chi connectivity index (χ3v) is 6.23. The van der Waals surface area contributed by atoms with Gasteiger partial charge in [0.25, 0.3) is 5.56 Å². The van der Waals surface area contributed by atoms with Gasteiger partial charge in [0, 0.05) is 24.6 Å². The van der Waals surface area contributed by atoms with Crippen LogP contribution < -0.4 is 15.6 Å². The fourth-order valence-electron chi connectivity index (χ4n) is 4.46. The minimum atomic E-state index is -0.747. The Morgan fingerprint density at radius 3 is 2.79 bits per heavy atom. The number of imidazole rings is 1. The third kappa shape index (κ3) is 6.27. The molecule has 1 aromatic carbocycles. The van der Waals surface area contributed by atoms with E-state index in [2.05, 4.69) is 31.2 Å². The minimum Gasteiger partial charge on any atom is -0.491 e. The van der Waals surface area contributed by atoms with Crippen molar-refractivity contribution in [3.05, 3.63) is 63.8 Å². The zero-order valence-corrected chi connectivity index (χ0v) is 20.1. The van der Waals surface area contributed by atoms with Gasteiger partial charge in [0.1, 0.15) is 29.8 Å². The molecule has 1 atom stereocenters. The summed E-state index contributed by atoms with van der Waals surface area (Å²) < 4.78 is 5.81. The molecule has 0 bridgehead atoms. The van der Waals surface area contributed by atoms with Crippen LogP contribution >= 0.6 is 0 Å². The van der Waals surface area contributed by atoms with Crippen molar-refractivity contribution >= 4 is 5.69 Å². The zero-order valence-electron chi connectivity index (χ0n) is 20.1. The highest BCUT2D eigenvalue weighted by Gasteiger charge is 2.16. The number of H-pyrrole nitrogens is 2. The Labute approximate surface area is 200 Å². The van der Waals surface area contributed by atoms with E-state index in [-0.39, 0.29) is 18.7 Å². The number of nitrogens with one attached hydrogen (secondary N) is 3. The first-order valence-corrected chi connectivity index (χ1v) is 12.1. The number of nitrogens with zero attached hydrogens (tertiary/aromatic N) is 2. The molecule has 1 aliphatic rings. The lowest BCUT2D eigenvalue weighted by atomic mass is 10.1. The van der Waals surface area contributed by atoms with Crippen molar-refractivity contribution in [3.8, 4) is 17.1 Å². The van der Waals surface area contributed by atoms with Gasteiger partial charge in [-0.25, -0.2) is 4.98 Å². The number of aliphatic hydroxyl groups is 1. The van der Waals surface area contributed by atoms with E-state index in [0.29, 0.717) is 17.1 Å². The number of hydrogen-bond donors (Lipinski definition) is 4. The Hall–Kier alpha value is -3.10. The molecule has 1 fully saturated rings. The van der Waals surface area contributed by atoms with Gasteiger partial charge in [-0.3, -0.25) is 4.79 Å². The average molecular weight is 466 g/mol. The summed E-state index contributed by atoms with van der Waals surface area (Å²) in [7, 11) is 0. The van der Waals surface area contributed by atoms with Crippen molar-refractivity contribution in [3.63, 3.8) is 0 Å². The molecule has 1 saturated heterocycles. The number of anilines is 1. The second-order valence-corrected chi connectivity index (χ2v) is 9.12. The Morgan fingerprint density at radius 2 is 2.06 bits per heavy atom. The van der Waals surface area contributed by atoms with Crippen LogP contribution in [0.15, 0.2) is 41.5 Å². The zero-order chi connectivity index (χ0) is 23.9. The summed E-state index contributed by atoms with van der Waals surface area (Å²) in [6, 6.07) is 7.92. The molecule has 8 heteroatoms. The van der Waals surface area contributed by atoms with E-state index in [1.165, 1.54) is 31.5 Å². The van der Waals surface area contributed by atoms with Gasteiger partial charge >= 0.3 is 0 Å². The summed E-state index contributed by atoms with van der Waals surface area (Å²) in [4.78, 5) is 25.7. The van der Waals surface area contributed by atoms with E-state index < -0.39 is 6.10 Å². The largest absolute Gasteiger partial charge is 0.491 e. The standard InChI is InChI=1S/C26H35N5O3/c1-18-7-8-23(19(2)14-18)34-17-21(32)16-29-22-15-20(6-5-13-31-11-3-4-12-31)30-26(33)24(22)25-27-9-10-28-25/h7-10,14-15,21,32H,3-6,11-13,16-17H2,1-2H3,(H,27,28)(H2,29,30,33)/t21-/m1/s1. The first-order chi connectivity index (χ1) is 16.5. The molecule has 3 heterocycles. The average Bonchev–Trinajstić information content (AvgIpc) is 3.51. The van der Waals surface area contributed by atoms with Crippen molar-refractivity contribution in [2.45, 2.75) is 45.6 Å². The number of aromatic amines is 2. The van der Waals surface area contributed by atoms with Crippen molar-refractivity contribution in [1.82, 2.24) is 19.9 Å². The van der Waals surface area contributed by atoms with Crippen LogP contribution in [0.3, 0.4) is 0 Å². The van der Waals surface area contributed by atoms with Crippen molar-refractivity contribution < 1.29 is 9.84 Å². The first-order valence-electron chi connectivity index (χ1n) is 12.1. The van der Waals surface area contributed by atoms with Gasteiger partial charge in [0.15, 0.2) is 0 Å². The number of ether oxygens (including phenoxy) is 1. The number of aryl methyl sites for hydroxylation is 3. The lowest BCUT2D eigenvalue weighted by molar-refractivity contribution is 0.117. The monoisotopic (exact) mass is 465 g/mol. The Kier molecular flexibility index (Phi) is 8.03. The molecule has 0 unspecified atom stereocenters. The summed E-state index contributed by atoms with van der Waals surface area (Å²) in [6.45, 7) is 7.80. The maximum absolute atomic E-state index is 12.9. The van der Waals surface area contributed by atoms with E-state index >= 15 is 0 Å². The van der Waals surface area contributed by atoms with Crippen LogP contribution in [0.4, 0.5) is 5.69 Å². The molecule has 34 heavy (non-hydrogen) atoms. The van der Waals surface area contributed by atoms with Crippen LogP contribution in [0, 0.1) is 13.8 Å². The Bertz CT molecular complexity index is 1120. The molecule has 182 valence electrons. The molecular formula is C26H35N5O3.